The van der Waals surface area contributed by atoms with E-state index in [1.54, 1.807) is 36.2 Å². The zero-order valence-corrected chi connectivity index (χ0v) is 25.1. The number of pyridine rings is 1. The van der Waals surface area contributed by atoms with Crippen LogP contribution in [0.15, 0.2) is 78.0 Å². The average Bonchev–Trinajstić information content (AvgIpc) is 3.25. The van der Waals surface area contributed by atoms with Crippen molar-refractivity contribution in [2.45, 2.75) is 24.2 Å². The molecule has 40 heavy (non-hydrogen) atoms. The van der Waals surface area contributed by atoms with Crippen molar-refractivity contribution in [3.8, 4) is 22.8 Å². The Morgan fingerprint density at radius 3 is 2.27 bits per heavy atom. The van der Waals surface area contributed by atoms with Gasteiger partial charge >= 0.3 is 35.7 Å². The first kappa shape index (κ1) is 31.6. The zero-order valence-electron chi connectivity index (χ0n) is 23.2. The van der Waals surface area contributed by atoms with Crippen LogP contribution in [0, 0.1) is 5.82 Å². The van der Waals surface area contributed by atoms with Crippen LogP contribution in [0.1, 0.15) is 18.2 Å². The quantitative estimate of drug-likeness (QED) is 0.222. The summed E-state index contributed by atoms with van der Waals surface area (Å²) in [6.07, 6.45) is -3.02. The molecule has 2 aromatic heterocycles. The number of benzene rings is 2. The number of aromatic nitrogens is 2. The second kappa shape index (κ2) is 12.7. The summed E-state index contributed by atoms with van der Waals surface area (Å²) in [4.78, 5) is 4.86. The van der Waals surface area contributed by atoms with E-state index in [2.05, 4.69) is 4.98 Å². The van der Waals surface area contributed by atoms with E-state index in [9.17, 15) is 21.6 Å². The molecule has 0 amide bonds. The summed E-state index contributed by atoms with van der Waals surface area (Å²) < 4.78 is 95.7. The predicted octanol–water partition coefficient (Wildman–Crippen LogP) is 2.71. The molecule has 0 unspecified atom stereocenters. The Morgan fingerprint density at radius 1 is 0.975 bits per heavy atom. The largest absolute Gasteiger partial charge is 1.00 e. The van der Waals surface area contributed by atoms with Crippen molar-refractivity contribution in [2.24, 2.45) is 0 Å². The summed E-state index contributed by atoms with van der Waals surface area (Å²) in [5, 5.41) is 0. The molecule has 0 spiro atoms. The van der Waals surface area contributed by atoms with Gasteiger partial charge in [-0.3, -0.25) is 9.88 Å². The maximum absolute atomic E-state index is 16.0. The fraction of sp³-hybridized carbons (Fsp3) is 0.222. The van der Waals surface area contributed by atoms with Crippen molar-refractivity contribution in [1.29, 1.82) is 0 Å². The van der Waals surface area contributed by atoms with Gasteiger partial charge in [0.1, 0.15) is 17.2 Å². The van der Waals surface area contributed by atoms with Crippen molar-refractivity contribution in [3.05, 3.63) is 95.7 Å². The van der Waals surface area contributed by atoms with Gasteiger partial charge in [0.2, 0.25) is 0 Å². The molecule has 208 valence electrons. The number of alkyl halides is 3. The fourth-order valence-electron chi connectivity index (χ4n) is 4.20. The molecule has 0 saturated heterocycles. The van der Waals surface area contributed by atoms with Crippen molar-refractivity contribution in [3.63, 3.8) is 0 Å². The van der Waals surface area contributed by atoms with Crippen molar-refractivity contribution >= 4 is 10.0 Å². The van der Waals surface area contributed by atoms with Gasteiger partial charge in [0.15, 0.2) is 11.5 Å². The first-order valence-electron chi connectivity index (χ1n) is 11.6. The third-order valence-corrected chi connectivity index (χ3v) is 7.66. The molecule has 4 rings (SSSR count). The topological polar surface area (TPSA) is 73.7 Å². The summed E-state index contributed by atoms with van der Waals surface area (Å²) in [5.41, 5.74) is -2.20. The fourth-order valence-corrected chi connectivity index (χ4v) is 5.61. The summed E-state index contributed by atoms with van der Waals surface area (Å²) >= 11 is 0. The van der Waals surface area contributed by atoms with Crippen molar-refractivity contribution in [2.75, 3.05) is 21.3 Å². The summed E-state index contributed by atoms with van der Waals surface area (Å²) in [5.74, 6) is 0.00684. The molecule has 0 radical (unpaired) electrons. The summed E-state index contributed by atoms with van der Waals surface area (Å²) in [6.45, 7) is 0.145. The Labute approximate surface area is 253 Å². The molecule has 4 aromatic rings. The second-order valence-electron chi connectivity index (χ2n) is 8.68. The summed E-state index contributed by atoms with van der Waals surface area (Å²) in [7, 11) is 0.205. The predicted molar refractivity (Wildman–Crippen MR) is 137 cm³/mol. The molecule has 2 heterocycles. The van der Waals surface area contributed by atoms with E-state index in [1.807, 2.05) is 0 Å². The van der Waals surface area contributed by atoms with Gasteiger partial charge < -0.3 is 10.9 Å². The normalized spacial score (nSPS) is 11.8. The van der Waals surface area contributed by atoms with Gasteiger partial charge in [0.05, 0.1) is 19.1 Å². The minimum absolute atomic E-state index is 0. The number of nitrogens with zero attached hydrogens (tertiary/aromatic N) is 3. The van der Waals surface area contributed by atoms with Gasteiger partial charge in [-0.05, 0) is 37.4 Å². The Kier molecular flexibility index (Phi) is 10.1. The van der Waals surface area contributed by atoms with Gasteiger partial charge in [-0.25, -0.2) is 16.8 Å². The molecule has 0 saturated carbocycles. The third kappa shape index (κ3) is 6.52. The van der Waals surface area contributed by atoms with Crippen LogP contribution in [-0.4, -0.2) is 43.5 Å². The number of hydrogen-bond donors (Lipinski definition) is 0. The minimum Gasteiger partial charge on any atom is -1.00 e. The molecule has 0 bridgehead atoms. The SMILES string of the molecule is COc1ccc(CN(C)Cc2cn(S(=O)(=O)c3ccccc3)c(-c3cccnc3C(F)(F)F)c2F)c(OC)c1.[H-].[Na+]. The van der Waals surface area contributed by atoms with Crippen LogP contribution in [0.5, 0.6) is 11.5 Å². The summed E-state index contributed by atoms with van der Waals surface area (Å²) in [6, 6.07) is 14.5. The van der Waals surface area contributed by atoms with Gasteiger partial charge in [-0.15, -0.1) is 0 Å². The molecule has 7 nitrogen and oxygen atoms in total. The number of hydrogen-bond acceptors (Lipinski definition) is 6. The van der Waals surface area contributed by atoms with Crippen molar-refractivity contribution < 1.29 is 66.4 Å². The van der Waals surface area contributed by atoms with E-state index in [-0.39, 0.29) is 54.5 Å². The monoisotopic (exact) mass is 587 g/mol. The van der Waals surface area contributed by atoms with Crippen LogP contribution in [-0.2, 0) is 29.3 Å². The molecule has 13 heteroatoms. The van der Waals surface area contributed by atoms with E-state index in [0.717, 1.165) is 24.0 Å². The molecule has 0 N–H and O–H groups in total. The van der Waals surface area contributed by atoms with E-state index in [1.165, 1.54) is 44.6 Å². The number of rotatable bonds is 9. The Balaban J connectivity index is 0.00000294. The zero-order chi connectivity index (χ0) is 28.4. The van der Waals surface area contributed by atoms with Crippen molar-refractivity contribution in [1.82, 2.24) is 13.9 Å². The molecule has 0 aliphatic rings. The molecule has 0 aliphatic carbocycles. The molecule has 0 atom stereocenters. The molecule has 0 aliphatic heterocycles. The average molecular weight is 588 g/mol. The Bertz CT molecular complexity index is 1590. The van der Waals surface area contributed by atoms with E-state index in [0.29, 0.717) is 15.5 Å². The van der Waals surface area contributed by atoms with E-state index >= 15 is 4.39 Å². The Hall–Kier alpha value is -2.90. The van der Waals surface area contributed by atoms with E-state index < -0.39 is 39.0 Å². The molecule has 0 fully saturated rings. The van der Waals surface area contributed by atoms with Gasteiger partial charge in [0.25, 0.3) is 10.0 Å². The number of halogens is 4. The van der Waals surface area contributed by atoms with Crippen LogP contribution in [0.4, 0.5) is 17.6 Å². The second-order valence-corrected chi connectivity index (χ2v) is 10.5. The van der Waals surface area contributed by atoms with E-state index in [4.69, 9.17) is 9.47 Å². The van der Waals surface area contributed by atoms with Crippen LogP contribution in [0.25, 0.3) is 11.3 Å². The van der Waals surface area contributed by atoms with Gasteiger partial charge in [-0.1, -0.05) is 24.3 Å². The number of methoxy groups -OCH3 is 2. The number of ether oxygens (including phenoxy) is 2. The Morgan fingerprint density at radius 2 is 1.65 bits per heavy atom. The molecular weight excluding hydrogens is 561 g/mol. The third-order valence-electron chi connectivity index (χ3n) is 5.99. The van der Waals surface area contributed by atoms with Gasteiger partial charge in [-0.2, -0.15) is 13.2 Å². The minimum atomic E-state index is -4.95. The van der Waals surface area contributed by atoms with Crippen LogP contribution in [0.2, 0.25) is 0 Å². The standard InChI is InChI=1S/C27H25F4N3O4S.Na.H/c1-33(15-18-11-12-20(37-2)14-23(18)38-3)16-19-17-34(39(35,36)21-8-5-4-6-9-21)25(24(19)28)22-10-7-13-32-26(22)27(29,30)31;;/h4-14,17H,15-16H2,1-3H3;;/q;+1;-1. The molecule has 2 aromatic carbocycles. The molecular formula is C27H26F4N3NaO4S. The maximum Gasteiger partial charge on any atom is 1.00 e. The van der Waals surface area contributed by atoms with Crippen LogP contribution < -0.4 is 39.0 Å². The van der Waals surface area contributed by atoms with Crippen LogP contribution >= 0.6 is 0 Å². The first-order valence-corrected chi connectivity index (χ1v) is 13.0. The van der Waals surface area contributed by atoms with Crippen LogP contribution in [0.3, 0.4) is 0 Å². The van der Waals surface area contributed by atoms with Gasteiger partial charge in [0, 0.05) is 48.2 Å². The first-order chi connectivity index (χ1) is 18.5. The smallest absolute Gasteiger partial charge is 1.00 e. The maximum atomic E-state index is 16.0.